The molecule has 1 aromatic rings. The molecule has 7 heteroatoms. The molecule has 3 fully saturated rings. The van der Waals surface area contributed by atoms with Gasteiger partial charge in [0.2, 0.25) is 10.0 Å². The van der Waals surface area contributed by atoms with Crippen molar-refractivity contribution >= 4 is 17.1 Å². The molecule has 0 unspecified atom stereocenters. The monoisotopic (exact) mass is 419 g/mol. The number of sulfonamides is 1. The number of hydrogen-bond acceptors (Lipinski definition) is 4. The number of benzene rings is 1. The van der Waals surface area contributed by atoms with Crippen LogP contribution in [0.4, 0.5) is 0 Å². The van der Waals surface area contributed by atoms with Gasteiger partial charge in [0.1, 0.15) is 0 Å². The Morgan fingerprint density at radius 1 is 0.931 bits per heavy atom. The summed E-state index contributed by atoms with van der Waals surface area (Å²) in [4.78, 5) is 0.370. The van der Waals surface area contributed by atoms with Crippen molar-refractivity contribution in [2.24, 2.45) is 5.92 Å². The Kier molecular flexibility index (Phi) is 5.21. The molecule has 1 aromatic carbocycles. The van der Waals surface area contributed by atoms with Gasteiger partial charge in [0.25, 0.3) is 0 Å². The maximum Gasteiger partial charge on any atom is 0.467 e. The van der Waals surface area contributed by atoms with Crippen molar-refractivity contribution in [1.29, 1.82) is 0 Å². The summed E-state index contributed by atoms with van der Waals surface area (Å²) in [5, 5.41) is -0.261. The molecule has 4 rings (SSSR count). The second kappa shape index (κ2) is 7.08. The van der Waals surface area contributed by atoms with Crippen LogP contribution in [0.25, 0.3) is 0 Å². The molecule has 2 aliphatic heterocycles. The highest BCUT2D eigenvalue weighted by molar-refractivity contribution is 7.89. The number of aryl methyl sites for hydroxylation is 1. The zero-order valence-electron chi connectivity index (χ0n) is 18.4. The Labute approximate surface area is 176 Å². The molecule has 0 spiro atoms. The average Bonchev–Trinajstić information content (AvgIpc) is 2.83. The van der Waals surface area contributed by atoms with Crippen molar-refractivity contribution in [3.05, 3.63) is 29.8 Å². The molecular weight excluding hydrogens is 385 g/mol. The van der Waals surface area contributed by atoms with Gasteiger partial charge in [0, 0.05) is 18.4 Å². The summed E-state index contributed by atoms with van der Waals surface area (Å²) in [6.45, 7) is 11.2. The van der Waals surface area contributed by atoms with Crippen molar-refractivity contribution in [3.8, 4) is 0 Å². The van der Waals surface area contributed by atoms with Crippen molar-refractivity contribution in [3.63, 3.8) is 0 Å². The van der Waals surface area contributed by atoms with Crippen LogP contribution in [0.15, 0.2) is 29.2 Å². The first-order valence-electron chi connectivity index (χ1n) is 10.9. The second-order valence-corrected chi connectivity index (χ2v) is 12.2. The van der Waals surface area contributed by atoms with E-state index in [2.05, 4.69) is 27.7 Å². The van der Waals surface area contributed by atoms with E-state index < -0.39 is 21.2 Å². The van der Waals surface area contributed by atoms with E-state index in [0.717, 1.165) is 18.4 Å². The number of hydrogen-bond donors (Lipinski definition) is 0. The predicted octanol–water partition coefficient (Wildman–Crippen LogP) is 4.41. The van der Waals surface area contributed by atoms with Gasteiger partial charge in [-0.15, -0.1) is 0 Å². The van der Waals surface area contributed by atoms with E-state index in [-0.39, 0.29) is 12.4 Å². The van der Waals surface area contributed by atoms with Crippen LogP contribution in [0, 0.1) is 12.8 Å². The second-order valence-electron chi connectivity index (χ2n) is 10.2. The molecule has 3 aliphatic rings. The summed E-state index contributed by atoms with van der Waals surface area (Å²) in [5.41, 5.74) is 0.242. The highest BCUT2D eigenvalue weighted by Gasteiger charge is 2.67. The first-order chi connectivity index (χ1) is 13.5. The molecule has 5 nitrogen and oxygen atoms in total. The summed E-state index contributed by atoms with van der Waals surface area (Å²) >= 11 is 0. The molecule has 2 saturated heterocycles. The van der Waals surface area contributed by atoms with E-state index in [0.29, 0.717) is 23.9 Å². The topological polar surface area (TPSA) is 55.8 Å². The van der Waals surface area contributed by atoms with Crippen LogP contribution >= 0.6 is 0 Å². The summed E-state index contributed by atoms with van der Waals surface area (Å²) in [5.74, 6) is 0.440. The van der Waals surface area contributed by atoms with Gasteiger partial charge in [0.15, 0.2) is 0 Å². The van der Waals surface area contributed by atoms with Crippen LogP contribution in [0.2, 0.25) is 5.31 Å². The lowest BCUT2D eigenvalue weighted by Crippen LogP contribution is -2.64. The highest BCUT2D eigenvalue weighted by Crippen LogP contribution is 2.58. The Hall–Kier alpha value is -0.885. The minimum absolute atomic E-state index is 0.261. The van der Waals surface area contributed by atoms with Crippen molar-refractivity contribution < 1.29 is 17.7 Å². The highest BCUT2D eigenvalue weighted by atomic mass is 32.2. The van der Waals surface area contributed by atoms with E-state index in [1.807, 2.05) is 19.1 Å². The zero-order chi connectivity index (χ0) is 21.1. The van der Waals surface area contributed by atoms with Crippen LogP contribution < -0.4 is 0 Å². The molecule has 0 N–H and O–H groups in total. The van der Waals surface area contributed by atoms with Crippen molar-refractivity contribution in [1.82, 2.24) is 4.31 Å². The Morgan fingerprint density at radius 2 is 1.45 bits per heavy atom. The third kappa shape index (κ3) is 3.48. The molecule has 0 atom stereocenters. The Morgan fingerprint density at radius 3 is 1.97 bits per heavy atom. The molecule has 1 aliphatic carbocycles. The lowest BCUT2D eigenvalue weighted by Gasteiger charge is -2.54. The molecule has 29 heavy (non-hydrogen) atoms. The summed E-state index contributed by atoms with van der Waals surface area (Å²) in [7, 11) is -3.85. The van der Waals surface area contributed by atoms with Crippen molar-refractivity contribution in [2.75, 3.05) is 13.1 Å². The maximum absolute atomic E-state index is 13.2. The number of rotatable bonds is 4. The standard InChI is InChI=1S/C22H34BNO4S/c1-17-11-13-19(14-12-17)29(25,26)24-15-22(16-24,18-9-7-6-8-10-18)23-27-20(2,3)21(4,5)28-23/h11-14,18H,6-10,15-16H2,1-5H3. The molecule has 0 radical (unpaired) electrons. The largest absolute Gasteiger partial charge is 0.467 e. The van der Waals surface area contributed by atoms with Crippen LogP contribution in [0.1, 0.15) is 65.4 Å². The number of nitrogens with zero attached hydrogens (tertiary/aromatic N) is 1. The first kappa shape index (κ1) is 21.4. The molecule has 0 bridgehead atoms. The quantitative estimate of drug-likeness (QED) is 0.679. The fourth-order valence-electron chi connectivity index (χ4n) is 4.99. The zero-order valence-corrected chi connectivity index (χ0v) is 19.2. The van der Waals surface area contributed by atoms with E-state index in [1.165, 1.54) is 19.3 Å². The van der Waals surface area contributed by atoms with Gasteiger partial charge in [0.05, 0.1) is 16.1 Å². The fraction of sp³-hybridized carbons (Fsp3) is 0.727. The maximum atomic E-state index is 13.2. The van der Waals surface area contributed by atoms with E-state index in [4.69, 9.17) is 9.31 Å². The normalized spacial score (nSPS) is 27.0. The summed E-state index contributed by atoms with van der Waals surface area (Å²) in [6, 6.07) is 7.13. The van der Waals surface area contributed by atoms with Gasteiger partial charge in [-0.3, -0.25) is 0 Å². The molecule has 2 heterocycles. The third-order valence-electron chi connectivity index (χ3n) is 7.74. The Balaban J connectivity index is 1.61. The van der Waals surface area contributed by atoms with Crippen LogP contribution in [-0.2, 0) is 19.3 Å². The van der Waals surface area contributed by atoms with E-state index >= 15 is 0 Å². The van der Waals surface area contributed by atoms with Crippen LogP contribution in [0.5, 0.6) is 0 Å². The van der Waals surface area contributed by atoms with Gasteiger partial charge in [-0.05, 0) is 52.7 Å². The molecule has 160 valence electrons. The van der Waals surface area contributed by atoms with E-state index in [9.17, 15) is 8.42 Å². The molecule has 0 aromatic heterocycles. The first-order valence-corrected chi connectivity index (χ1v) is 12.3. The van der Waals surface area contributed by atoms with Gasteiger partial charge in [-0.1, -0.05) is 49.8 Å². The van der Waals surface area contributed by atoms with Gasteiger partial charge in [-0.2, -0.15) is 4.31 Å². The molecule has 0 amide bonds. The summed E-state index contributed by atoms with van der Waals surface area (Å²) in [6.07, 6.45) is 5.93. The van der Waals surface area contributed by atoms with Crippen molar-refractivity contribution in [2.45, 2.75) is 88.1 Å². The van der Waals surface area contributed by atoms with Gasteiger partial charge < -0.3 is 9.31 Å². The Bertz CT molecular complexity index is 837. The third-order valence-corrected chi connectivity index (χ3v) is 9.55. The fourth-order valence-corrected chi connectivity index (χ4v) is 6.59. The minimum atomic E-state index is -3.49. The average molecular weight is 419 g/mol. The summed E-state index contributed by atoms with van der Waals surface area (Å²) < 4.78 is 41.0. The van der Waals surface area contributed by atoms with Crippen LogP contribution in [-0.4, -0.2) is 44.1 Å². The smallest absolute Gasteiger partial charge is 0.403 e. The molecule has 1 saturated carbocycles. The van der Waals surface area contributed by atoms with E-state index in [1.54, 1.807) is 16.4 Å². The lowest BCUT2D eigenvalue weighted by atomic mass is 9.46. The minimum Gasteiger partial charge on any atom is -0.403 e. The van der Waals surface area contributed by atoms with Gasteiger partial charge in [-0.25, -0.2) is 8.42 Å². The molecular formula is C22H34BNO4S. The van der Waals surface area contributed by atoms with Gasteiger partial charge >= 0.3 is 7.12 Å². The lowest BCUT2D eigenvalue weighted by molar-refractivity contribution is 0.00578. The predicted molar refractivity (Wildman–Crippen MR) is 115 cm³/mol. The van der Waals surface area contributed by atoms with Crippen LogP contribution in [0.3, 0.4) is 0 Å². The SMILES string of the molecule is Cc1ccc(S(=O)(=O)N2CC(B3OC(C)(C)C(C)(C)O3)(C3CCCCC3)C2)cc1.